The summed E-state index contributed by atoms with van der Waals surface area (Å²) in [6.07, 6.45) is 0. The van der Waals surface area contributed by atoms with Gasteiger partial charge < -0.3 is 15.2 Å². The summed E-state index contributed by atoms with van der Waals surface area (Å²) in [7, 11) is 1.19. The number of methoxy groups -OCH3 is 1. The lowest BCUT2D eigenvalue weighted by molar-refractivity contribution is 0.0597. The topological polar surface area (TPSA) is 111 Å². The number of hydrogen-bond donors (Lipinski definition) is 2. The normalized spacial score (nSPS) is 10.6. The lowest BCUT2D eigenvalue weighted by Crippen LogP contribution is -2.26. The molecule has 31 heavy (non-hydrogen) atoms. The van der Waals surface area contributed by atoms with Crippen LogP contribution in [-0.2, 0) is 4.74 Å². The molecule has 0 saturated carbocycles. The number of amides is 1. The van der Waals surface area contributed by atoms with Crippen molar-refractivity contribution in [2.45, 2.75) is 0 Å². The van der Waals surface area contributed by atoms with E-state index in [1.165, 1.54) is 25.3 Å². The van der Waals surface area contributed by atoms with E-state index in [0.717, 1.165) is 4.68 Å². The van der Waals surface area contributed by atoms with E-state index in [-0.39, 0.29) is 22.5 Å². The monoisotopic (exact) mass is 415 g/mol. The number of esters is 1. The zero-order valence-corrected chi connectivity index (χ0v) is 16.4. The summed E-state index contributed by atoms with van der Waals surface area (Å²) in [6, 6.07) is 19.7. The third-order valence-electron chi connectivity index (χ3n) is 4.71. The third-order valence-corrected chi connectivity index (χ3v) is 4.71. The number of para-hydroxylation sites is 2. The maximum atomic E-state index is 13.1. The highest BCUT2D eigenvalue weighted by Crippen LogP contribution is 2.28. The molecule has 1 aromatic heterocycles. The second-order valence-electron chi connectivity index (χ2n) is 6.59. The Hall–Kier alpha value is -4.46. The Morgan fingerprint density at radius 2 is 1.61 bits per heavy atom. The largest absolute Gasteiger partial charge is 0.505 e. The number of rotatable bonds is 4. The number of nitrogens with zero attached hydrogens (tertiary/aromatic N) is 2. The molecular weight excluding hydrogens is 398 g/mol. The maximum absolute atomic E-state index is 13.1. The molecule has 2 N–H and O–H groups in total. The van der Waals surface area contributed by atoms with Gasteiger partial charge in [0.25, 0.3) is 11.5 Å². The number of aromatic nitrogens is 2. The van der Waals surface area contributed by atoms with Crippen LogP contribution in [0.4, 0.5) is 5.69 Å². The van der Waals surface area contributed by atoms with E-state index < -0.39 is 17.6 Å². The molecule has 0 unspecified atom stereocenters. The molecule has 154 valence electrons. The van der Waals surface area contributed by atoms with E-state index in [0.29, 0.717) is 16.5 Å². The summed E-state index contributed by atoms with van der Waals surface area (Å²) >= 11 is 0. The molecule has 1 heterocycles. The molecule has 0 atom stereocenters. The highest BCUT2D eigenvalue weighted by molar-refractivity contribution is 6.12. The quantitative estimate of drug-likeness (QED) is 0.391. The second-order valence-corrected chi connectivity index (χ2v) is 6.59. The zero-order valence-electron chi connectivity index (χ0n) is 16.4. The molecule has 3 aromatic carbocycles. The molecule has 0 saturated heterocycles. The third kappa shape index (κ3) is 3.62. The first-order valence-corrected chi connectivity index (χ1v) is 9.30. The first-order valence-electron chi connectivity index (χ1n) is 9.30. The number of anilines is 1. The van der Waals surface area contributed by atoms with Crippen molar-refractivity contribution in [3.8, 4) is 11.4 Å². The summed E-state index contributed by atoms with van der Waals surface area (Å²) in [6.45, 7) is 0. The van der Waals surface area contributed by atoms with Gasteiger partial charge in [-0.25, -0.2) is 4.79 Å². The average molecular weight is 415 g/mol. The van der Waals surface area contributed by atoms with Crippen LogP contribution in [0.5, 0.6) is 5.75 Å². The molecule has 8 heteroatoms. The van der Waals surface area contributed by atoms with Crippen molar-refractivity contribution in [2.24, 2.45) is 0 Å². The molecule has 0 aliphatic carbocycles. The molecular formula is C23H17N3O5. The highest BCUT2D eigenvalue weighted by Gasteiger charge is 2.20. The number of phenolic OH excluding ortho intramolecular Hbond substituents is 1. The van der Waals surface area contributed by atoms with Crippen LogP contribution in [-0.4, -0.2) is 33.9 Å². The molecule has 0 bridgehead atoms. The van der Waals surface area contributed by atoms with Gasteiger partial charge in [-0.1, -0.05) is 42.5 Å². The summed E-state index contributed by atoms with van der Waals surface area (Å²) in [5.74, 6) is -1.82. The molecule has 8 nitrogen and oxygen atoms in total. The van der Waals surface area contributed by atoms with Crippen LogP contribution in [0.2, 0.25) is 0 Å². The molecule has 0 radical (unpaired) electrons. The molecule has 0 fully saturated rings. The van der Waals surface area contributed by atoms with E-state index in [9.17, 15) is 19.5 Å². The average Bonchev–Trinajstić information content (AvgIpc) is 2.81. The highest BCUT2D eigenvalue weighted by atomic mass is 16.5. The van der Waals surface area contributed by atoms with E-state index >= 15 is 0 Å². The minimum atomic E-state index is -0.741. The number of ether oxygens (including phenoxy) is 1. The van der Waals surface area contributed by atoms with Gasteiger partial charge in [-0.2, -0.15) is 9.78 Å². The van der Waals surface area contributed by atoms with E-state index in [2.05, 4.69) is 15.2 Å². The van der Waals surface area contributed by atoms with Crippen molar-refractivity contribution < 1.29 is 19.4 Å². The molecule has 0 spiro atoms. The van der Waals surface area contributed by atoms with Crippen LogP contribution in [0.1, 0.15) is 20.8 Å². The Bertz CT molecular complexity index is 1360. The number of fused-ring (bicyclic) bond motifs is 1. The standard InChI is InChI=1S/C23H17N3O5/c1-31-23(30)17-12-7-13-18(20(17)27)24-21(28)19-15-10-5-6-11-16(15)22(29)26(25-19)14-8-3-2-4-9-14/h2-13,27H,1H3,(H,24,28). The fourth-order valence-electron chi connectivity index (χ4n) is 3.20. The van der Waals surface area contributed by atoms with Crippen LogP contribution in [0, 0.1) is 0 Å². The van der Waals surface area contributed by atoms with Gasteiger partial charge in [0, 0.05) is 5.39 Å². The van der Waals surface area contributed by atoms with Crippen LogP contribution in [0.3, 0.4) is 0 Å². The van der Waals surface area contributed by atoms with Gasteiger partial charge in [-0.3, -0.25) is 9.59 Å². The first kappa shape index (κ1) is 19.8. The molecule has 4 rings (SSSR count). The first-order chi connectivity index (χ1) is 15.0. The van der Waals surface area contributed by atoms with Gasteiger partial charge in [-0.15, -0.1) is 0 Å². The predicted octanol–water partition coefficient (Wildman–Crippen LogP) is 3.13. The van der Waals surface area contributed by atoms with Crippen molar-refractivity contribution in [3.05, 3.63) is 94.4 Å². The number of phenols is 1. The summed E-state index contributed by atoms with van der Waals surface area (Å²) < 4.78 is 5.79. The van der Waals surface area contributed by atoms with E-state index in [1.54, 1.807) is 54.6 Å². The zero-order chi connectivity index (χ0) is 22.0. The van der Waals surface area contributed by atoms with Crippen molar-refractivity contribution in [2.75, 3.05) is 12.4 Å². The number of carbonyl (C=O) groups excluding carboxylic acids is 2. The fraction of sp³-hybridized carbons (Fsp3) is 0.0435. The second kappa shape index (κ2) is 8.11. The van der Waals surface area contributed by atoms with Crippen LogP contribution in [0.25, 0.3) is 16.5 Å². The predicted molar refractivity (Wildman–Crippen MR) is 115 cm³/mol. The number of hydrogen-bond acceptors (Lipinski definition) is 6. The smallest absolute Gasteiger partial charge is 0.341 e. The number of aromatic hydroxyl groups is 1. The fourth-order valence-corrected chi connectivity index (χ4v) is 3.20. The van der Waals surface area contributed by atoms with Crippen LogP contribution < -0.4 is 10.9 Å². The van der Waals surface area contributed by atoms with Gasteiger partial charge in [-0.05, 0) is 30.3 Å². The van der Waals surface area contributed by atoms with Crippen molar-refractivity contribution in [1.82, 2.24) is 9.78 Å². The Balaban J connectivity index is 1.83. The van der Waals surface area contributed by atoms with Gasteiger partial charge in [0.2, 0.25) is 0 Å². The van der Waals surface area contributed by atoms with Gasteiger partial charge in [0.05, 0.1) is 23.9 Å². The van der Waals surface area contributed by atoms with E-state index in [4.69, 9.17) is 0 Å². The molecule has 0 aliphatic rings. The maximum Gasteiger partial charge on any atom is 0.341 e. The Labute approximate surface area is 176 Å². The van der Waals surface area contributed by atoms with Crippen LogP contribution >= 0.6 is 0 Å². The van der Waals surface area contributed by atoms with Crippen LogP contribution in [0.15, 0.2) is 77.6 Å². The van der Waals surface area contributed by atoms with Gasteiger partial charge in [0.15, 0.2) is 11.4 Å². The summed E-state index contributed by atoms with van der Waals surface area (Å²) in [4.78, 5) is 37.9. The van der Waals surface area contributed by atoms with Crippen molar-refractivity contribution in [3.63, 3.8) is 0 Å². The number of benzene rings is 3. The lowest BCUT2D eigenvalue weighted by atomic mass is 10.1. The Morgan fingerprint density at radius 3 is 2.32 bits per heavy atom. The Morgan fingerprint density at radius 1 is 0.935 bits per heavy atom. The minimum Gasteiger partial charge on any atom is -0.505 e. The minimum absolute atomic E-state index is 0.0104. The molecule has 4 aromatic rings. The number of carbonyl (C=O) groups is 2. The molecule has 0 aliphatic heterocycles. The summed E-state index contributed by atoms with van der Waals surface area (Å²) in [5.41, 5.74) is 0.0438. The van der Waals surface area contributed by atoms with Gasteiger partial charge >= 0.3 is 5.97 Å². The lowest BCUT2D eigenvalue weighted by Gasteiger charge is -2.13. The van der Waals surface area contributed by atoms with Crippen molar-refractivity contribution in [1.29, 1.82) is 0 Å². The number of nitrogens with one attached hydrogen (secondary N) is 1. The van der Waals surface area contributed by atoms with Crippen molar-refractivity contribution >= 4 is 28.3 Å². The van der Waals surface area contributed by atoms with E-state index in [1.807, 2.05) is 0 Å². The van der Waals surface area contributed by atoms with Gasteiger partial charge in [0.1, 0.15) is 5.56 Å². The Kier molecular flexibility index (Phi) is 5.19. The SMILES string of the molecule is COC(=O)c1cccc(NC(=O)c2nn(-c3ccccc3)c(=O)c3ccccc23)c1O. The molecule has 1 amide bonds. The summed E-state index contributed by atoms with van der Waals surface area (Å²) in [5, 5.41) is 17.9.